The molecule has 0 bridgehead atoms. The van der Waals surface area contributed by atoms with Crippen molar-refractivity contribution in [1.82, 2.24) is 0 Å². The second-order valence-electron chi connectivity index (χ2n) is 5.67. The summed E-state index contributed by atoms with van der Waals surface area (Å²) in [4.78, 5) is 0. The summed E-state index contributed by atoms with van der Waals surface area (Å²) >= 11 is 0. The molecule has 0 aliphatic heterocycles. The van der Waals surface area contributed by atoms with E-state index in [9.17, 15) is 13.2 Å². The summed E-state index contributed by atoms with van der Waals surface area (Å²) in [6, 6.07) is 8.02. The summed E-state index contributed by atoms with van der Waals surface area (Å²) in [5.41, 5.74) is 3.48. The fraction of sp³-hybridized carbons (Fsp3) is 0.263. The molecule has 0 fully saturated rings. The Morgan fingerprint density at radius 2 is 1.82 bits per heavy atom. The highest BCUT2D eigenvalue weighted by Crippen LogP contribution is 2.31. The lowest BCUT2D eigenvalue weighted by Gasteiger charge is -2.19. The van der Waals surface area contributed by atoms with Gasteiger partial charge in [0, 0.05) is 5.56 Å². The molecule has 3 rings (SSSR count). The van der Waals surface area contributed by atoms with Crippen molar-refractivity contribution in [3.05, 3.63) is 76.1 Å². The zero-order valence-electron chi connectivity index (χ0n) is 12.4. The Labute approximate surface area is 128 Å². The average molecular weight is 302 g/mol. The van der Waals surface area contributed by atoms with E-state index < -0.39 is 11.6 Å². The van der Waals surface area contributed by atoms with E-state index >= 15 is 0 Å². The first-order valence-electron chi connectivity index (χ1n) is 7.53. The Morgan fingerprint density at radius 3 is 2.55 bits per heavy atom. The molecule has 0 N–H and O–H groups in total. The summed E-state index contributed by atoms with van der Waals surface area (Å²) in [6.07, 6.45) is 4.34. The van der Waals surface area contributed by atoms with Crippen LogP contribution in [0.25, 0.3) is 5.57 Å². The molecule has 0 heterocycles. The molecular formula is C19H17F3. The van der Waals surface area contributed by atoms with Crippen LogP contribution >= 0.6 is 0 Å². The lowest BCUT2D eigenvalue weighted by Crippen LogP contribution is -2.07. The van der Waals surface area contributed by atoms with Gasteiger partial charge in [-0.3, -0.25) is 0 Å². The van der Waals surface area contributed by atoms with Gasteiger partial charge in [0.2, 0.25) is 0 Å². The Morgan fingerprint density at radius 1 is 1.00 bits per heavy atom. The maximum atomic E-state index is 14.3. The maximum Gasteiger partial charge on any atom is 0.162 e. The normalized spacial score (nSPS) is 13.7. The molecular weight excluding hydrogens is 285 g/mol. The summed E-state index contributed by atoms with van der Waals surface area (Å²) in [6.45, 7) is 2.06. The minimum absolute atomic E-state index is 0.247. The van der Waals surface area contributed by atoms with Crippen LogP contribution in [0.4, 0.5) is 13.2 Å². The van der Waals surface area contributed by atoms with Crippen LogP contribution in [-0.2, 0) is 19.3 Å². The molecule has 1 aliphatic rings. The second-order valence-corrected chi connectivity index (χ2v) is 5.67. The van der Waals surface area contributed by atoms with Crippen molar-refractivity contribution in [2.24, 2.45) is 0 Å². The third-order valence-corrected chi connectivity index (χ3v) is 4.14. The quantitative estimate of drug-likeness (QED) is 0.727. The maximum absolute atomic E-state index is 14.3. The van der Waals surface area contributed by atoms with Gasteiger partial charge in [-0.2, -0.15) is 0 Å². The standard InChI is InChI=1S/C19H17F3/c1-2-3-12-4-7-15(18(21)10-12)13-5-8-16-14(11-13)6-9-17(20)19(16)22/h4-7,9-10H,2-3,8,11H2,1H3. The van der Waals surface area contributed by atoms with Gasteiger partial charge in [0.1, 0.15) is 5.82 Å². The van der Waals surface area contributed by atoms with Crippen molar-refractivity contribution in [3.8, 4) is 0 Å². The van der Waals surface area contributed by atoms with Crippen molar-refractivity contribution >= 4 is 5.57 Å². The first kappa shape index (κ1) is 14.9. The molecule has 2 aromatic carbocycles. The van der Waals surface area contributed by atoms with E-state index in [1.807, 2.05) is 6.07 Å². The first-order valence-corrected chi connectivity index (χ1v) is 7.53. The minimum Gasteiger partial charge on any atom is -0.206 e. The van der Waals surface area contributed by atoms with Crippen LogP contribution in [0.1, 0.15) is 35.6 Å². The largest absolute Gasteiger partial charge is 0.206 e. The van der Waals surface area contributed by atoms with Gasteiger partial charge in [0.05, 0.1) is 0 Å². The van der Waals surface area contributed by atoms with E-state index in [2.05, 4.69) is 6.92 Å². The predicted molar refractivity (Wildman–Crippen MR) is 82.1 cm³/mol. The van der Waals surface area contributed by atoms with Gasteiger partial charge in [0.25, 0.3) is 0 Å². The monoisotopic (exact) mass is 302 g/mol. The average Bonchev–Trinajstić information content (AvgIpc) is 2.51. The number of hydrogen-bond acceptors (Lipinski definition) is 0. The highest BCUT2D eigenvalue weighted by atomic mass is 19.2. The van der Waals surface area contributed by atoms with Gasteiger partial charge >= 0.3 is 0 Å². The summed E-state index contributed by atoms with van der Waals surface area (Å²) < 4.78 is 41.3. The molecule has 22 heavy (non-hydrogen) atoms. The van der Waals surface area contributed by atoms with Gasteiger partial charge < -0.3 is 0 Å². The molecule has 0 saturated heterocycles. The summed E-state index contributed by atoms with van der Waals surface area (Å²) in [5.74, 6) is -1.86. The molecule has 0 amide bonds. The van der Waals surface area contributed by atoms with Crippen LogP contribution in [0.15, 0.2) is 36.4 Å². The van der Waals surface area contributed by atoms with Gasteiger partial charge in [-0.15, -0.1) is 0 Å². The van der Waals surface area contributed by atoms with Crippen LogP contribution in [-0.4, -0.2) is 0 Å². The molecule has 0 spiro atoms. The van der Waals surface area contributed by atoms with E-state index in [-0.39, 0.29) is 5.82 Å². The molecule has 0 aromatic heterocycles. The number of aryl methyl sites for hydroxylation is 1. The molecule has 1 aliphatic carbocycles. The number of hydrogen-bond donors (Lipinski definition) is 0. The second kappa shape index (κ2) is 5.99. The Kier molecular flexibility index (Phi) is 4.06. The highest BCUT2D eigenvalue weighted by Gasteiger charge is 2.19. The SMILES string of the molecule is CCCc1ccc(C2=CCc3c(ccc(F)c3F)C2)c(F)c1. The van der Waals surface area contributed by atoms with E-state index in [0.29, 0.717) is 24.0 Å². The van der Waals surface area contributed by atoms with Crippen LogP contribution in [0.5, 0.6) is 0 Å². The molecule has 0 atom stereocenters. The Bertz CT molecular complexity index is 745. The van der Waals surface area contributed by atoms with Gasteiger partial charge in [-0.25, -0.2) is 13.2 Å². The Balaban J connectivity index is 1.92. The van der Waals surface area contributed by atoms with Crippen LogP contribution in [0.3, 0.4) is 0 Å². The molecule has 0 nitrogen and oxygen atoms in total. The number of rotatable bonds is 3. The minimum atomic E-state index is -0.828. The lowest BCUT2D eigenvalue weighted by molar-refractivity contribution is 0.499. The van der Waals surface area contributed by atoms with Crippen LogP contribution < -0.4 is 0 Å². The van der Waals surface area contributed by atoms with Crippen LogP contribution in [0.2, 0.25) is 0 Å². The number of fused-ring (bicyclic) bond motifs is 1. The summed E-state index contributed by atoms with van der Waals surface area (Å²) in [5, 5.41) is 0. The van der Waals surface area contributed by atoms with Crippen molar-refractivity contribution in [2.75, 3.05) is 0 Å². The van der Waals surface area contributed by atoms with E-state index in [4.69, 9.17) is 0 Å². The van der Waals surface area contributed by atoms with Gasteiger partial charge in [-0.1, -0.05) is 37.6 Å². The van der Waals surface area contributed by atoms with Crippen LogP contribution in [0, 0.1) is 17.5 Å². The molecule has 0 radical (unpaired) electrons. The zero-order chi connectivity index (χ0) is 15.7. The smallest absolute Gasteiger partial charge is 0.162 e. The zero-order valence-corrected chi connectivity index (χ0v) is 12.4. The van der Waals surface area contributed by atoms with Gasteiger partial charge in [0.15, 0.2) is 11.6 Å². The van der Waals surface area contributed by atoms with Crippen molar-refractivity contribution in [1.29, 1.82) is 0 Å². The van der Waals surface area contributed by atoms with Crippen molar-refractivity contribution < 1.29 is 13.2 Å². The summed E-state index contributed by atoms with van der Waals surface area (Å²) in [7, 11) is 0. The third-order valence-electron chi connectivity index (χ3n) is 4.14. The van der Waals surface area contributed by atoms with Gasteiger partial charge in [-0.05, 0) is 53.7 Å². The molecule has 3 heteroatoms. The molecule has 114 valence electrons. The Hall–Kier alpha value is -2.03. The van der Waals surface area contributed by atoms with E-state index in [1.54, 1.807) is 24.3 Å². The highest BCUT2D eigenvalue weighted by molar-refractivity contribution is 5.71. The topological polar surface area (TPSA) is 0 Å². The lowest BCUT2D eigenvalue weighted by atomic mass is 9.87. The fourth-order valence-electron chi connectivity index (χ4n) is 2.99. The number of allylic oxidation sites excluding steroid dienone is 2. The van der Waals surface area contributed by atoms with Crippen molar-refractivity contribution in [2.45, 2.75) is 32.6 Å². The predicted octanol–water partition coefficient (Wildman–Crippen LogP) is 5.24. The fourth-order valence-corrected chi connectivity index (χ4v) is 2.99. The third kappa shape index (κ3) is 2.68. The molecule has 0 saturated carbocycles. The first-order chi connectivity index (χ1) is 10.6. The van der Waals surface area contributed by atoms with E-state index in [0.717, 1.165) is 35.6 Å². The molecule has 0 unspecified atom stereocenters. The number of benzene rings is 2. The van der Waals surface area contributed by atoms with E-state index in [1.165, 1.54) is 0 Å². The van der Waals surface area contributed by atoms with Crippen molar-refractivity contribution in [3.63, 3.8) is 0 Å². The molecule has 2 aromatic rings. The number of halogens is 3.